The van der Waals surface area contributed by atoms with Gasteiger partial charge in [-0.3, -0.25) is 9.78 Å². The summed E-state index contributed by atoms with van der Waals surface area (Å²) in [6.07, 6.45) is -0.110. The molecule has 0 aliphatic carbocycles. The Bertz CT molecular complexity index is 858. The SMILES string of the molecule is CO[C@@H]1[C@@H](O)[C@H](O)C(Oc2ccc(CC(NC(C)=O)c3cccnc3)cc2)OC1(C)C. The summed E-state index contributed by atoms with van der Waals surface area (Å²) in [6, 6.07) is 10.9. The number of amides is 1. The van der Waals surface area contributed by atoms with Crippen LogP contribution in [0.2, 0.25) is 0 Å². The minimum absolute atomic E-state index is 0.118. The van der Waals surface area contributed by atoms with Gasteiger partial charge in [-0.25, -0.2) is 0 Å². The van der Waals surface area contributed by atoms with Crippen LogP contribution in [0.5, 0.6) is 5.75 Å². The van der Waals surface area contributed by atoms with Crippen LogP contribution in [0.3, 0.4) is 0 Å². The van der Waals surface area contributed by atoms with Crippen molar-refractivity contribution in [3.8, 4) is 5.75 Å². The van der Waals surface area contributed by atoms with Crippen LogP contribution in [0.4, 0.5) is 0 Å². The largest absolute Gasteiger partial charge is 0.462 e. The molecule has 1 aromatic carbocycles. The van der Waals surface area contributed by atoms with Crippen molar-refractivity contribution in [2.45, 2.75) is 63.4 Å². The number of aromatic nitrogens is 1. The molecule has 5 atom stereocenters. The summed E-state index contributed by atoms with van der Waals surface area (Å²) in [6.45, 7) is 5.03. The Labute approximate surface area is 182 Å². The van der Waals surface area contributed by atoms with Gasteiger partial charge >= 0.3 is 0 Å². The number of nitrogens with one attached hydrogen (secondary N) is 1. The number of benzene rings is 1. The van der Waals surface area contributed by atoms with Gasteiger partial charge in [-0.15, -0.1) is 0 Å². The monoisotopic (exact) mass is 430 g/mol. The molecule has 1 amide bonds. The standard InChI is InChI=1S/C23H30N2O6/c1-14(26)25-18(16-6-5-11-24-13-16)12-15-7-9-17(10-8-15)30-22-20(28)19(27)21(29-4)23(2,3)31-22/h5-11,13,18-22,27-28H,12H2,1-4H3,(H,25,26)/t18?,19-,20-,21+,22?/m0/s1. The highest BCUT2D eigenvalue weighted by atomic mass is 16.7. The highest BCUT2D eigenvalue weighted by Crippen LogP contribution is 2.32. The Balaban J connectivity index is 1.69. The fourth-order valence-corrected chi connectivity index (χ4v) is 3.86. The molecule has 168 valence electrons. The summed E-state index contributed by atoms with van der Waals surface area (Å²) < 4.78 is 16.9. The molecule has 8 heteroatoms. The maximum Gasteiger partial charge on any atom is 0.229 e. The Hall–Kier alpha value is -2.52. The quantitative estimate of drug-likeness (QED) is 0.614. The second-order valence-electron chi connectivity index (χ2n) is 8.23. The van der Waals surface area contributed by atoms with Crippen LogP contribution >= 0.6 is 0 Å². The summed E-state index contributed by atoms with van der Waals surface area (Å²) in [5.41, 5.74) is 1.06. The number of carbonyl (C=O) groups excluding carboxylic acids is 1. The van der Waals surface area contributed by atoms with Crippen molar-refractivity contribution >= 4 is 5.91 Å². The zero-order valence-corrected chi connectivity index (χ0v) is 18.2. The van der Waals surface area contributed by atoms with Gasteiger partial charge in [0, 0.05) is 26.4 Å². The summed E-state index contributed by atoms with van der Waals surface area (Å²) in [7, 11) is 1.46. The van der Waals surface area contributed by atoms with Crippen molar-refractivity contribution in [2.24, 2.45) is 0 Å². The number of aliphatic hydroxyl groups is 2. The Morgan fingerprint density at radius 2 is 1.94 bits per heavy atom. The molecular weight excluding hydrogens is 400 g/mol. The molecule has 1 aromatic heterocycles. The minimum atomic E-state index is -1.26. The van der Waals surface area contributed by atoms with E-state index in [0.717, 1.165) is 11.1 Å². The van der Waals surface area contributed by atoms with Gasteiger partial charge in [0.05, 0.1) is 11.6 Å². The predicted molar refractivity (Wildman–Crippen MR) is 113 cm³/mol. The van der Waals surface area contributed by atoms with Crippen molar-refractivity contribution in [1.82, 2.24) is 10.3 Å². The Morgan fingerprint density at radius 3 is 2.52 bits per heavy atom. The number of ether oxygens (including phenoxy) is 3. The highest BCUT2D eigenvalue weighted by Gasteiger charge is 2.50. The molecule has 0 radical (unpaired) electrons. The van der Waals surface area contributed by atoms with Gasteiger partial charge < -0.3 is 29.7 Å². The van der Waals surface area contributed by atoms with Crippen LogP contribution in [0, 0.1) is 0 Å². The van der Waals surface area contributed by atoms with Crippen LogP contribution in [0.25, 0.3) is 0 Å². The highest BCUT2D eigenvalue weighted by molar-refractivity contribution is 5.73. The first kappa shape index (κ1) is 23.1. The zero-order chi connectivity index (χ0) is 22.6. The number of pyridine rings is 1. The first-order chi connectivity index (χ1) is 14.7. The second kappa shape index (κ2) is 9.74. The van der Waals surface area contributed by atoms with Gasteiger partial charge in [0.1, 0.15) is 24.1 Å². The van der Waals surface area contributed by atoms with Crippen LogP contribution in [0.1, 0.15) is 37.9 Å². The van der Waals surface area contributed by atoms with E-state index in [0.29, 0.717) is 12.2 Å². The van der Waals surface area contributed by atoms with Crippen molar-refractivity contribution in [3.63, 3.8) is 0 Å². The van der Waals surface area contributed by atoms with Crippen molar-refractivity contribution in [3.05, 3.63) is 59.9 Å². The third-order valence-corrected chi connectivity index (χ3v) is 5.38. The molecule has 0 spiro atoms. The van der Waals surface area contributed by atoms with Crippen LogP contribution in [-0.2, 0) is 20.7 Å². The van der Waals surface area contributed by atoms with E-state index in [2.05, 4.69) is 10.3 Å². The van der Waals surface area contributed by atoms with E-state index >= 15 is 0 Å². The van der Waals surface area contributed by atoms with E-state index < -0.39 is 30.2 Å². The molecule has 1 fully saturated rings. The van der Waals surface area contributed by atoms with Gasteiger partial charge in [-0.05, 0) is 49.6 Å². The molecule has 1 saturated heterocycles. The third-order valence-electron chi connectivity index (χ3n) is 5.38. The number of nitrogens with zero attached hydrogens (tertiary/aromatic N) is 1. The molecule has 31 heavy (non-hydrogen) atoms. The topological polar surface area (TPSA) is 110 Å². The molecule has 0 bridgehead atoms. The lowest BCUT2D eigenvalue weighted by Crippen LogP contribution is -2.63. The number of rotatable bonds is 7. The third kappa shape index (κ3) is 5.59. The smallest absolute Gasteiger partial charge is 0.229 e. The molecule has 1 aliphatic rings. The summed E-state index contributed by atoms with van der Waals surface area (Å²) in [4.78, 5) is 15.8. The molecule has 3 rings (SSSR count). The van der Waals surface area contributed by atoms with E-state index in [-0.39, 0.29) is 11.9 Å². The van der Waals surface area contributed by atoms with E-state index in [1.807, 2.05) is 24.3 Å². The Morgan fingerprint density at radius 1 is 1.23 bits per heavy atom. The van der Waals surface area contributed by atoms with E-state index in [1.54, 1.807) is 38.4 Å². The average Bonchev–Trinajstić information content (AvgIpc) is 2.73. The molecule has 2 heterocycles. The molecule has 1 aliphatic heterocycles. The van der Waals surface area contributed by atoms with Crippen molar-refractivity contribution < 1.29 is 29.2 Å². The van der Waals surface area contributed by atoms with Crippen LogP contribution < -0.4 is 10.1 Å². The molecular formula is C23H30N2O6. The molecule has 3 N–H and O–H groups in total. The number of hydrogen-bond acceptors (Lipinski definition) is 7. The minimum Gasteiger partial charge on any atom is -0.462 e. The van der Waals surface area contributed by atoms with Gasteiger partial charge in [0.25, 0.3) is 0 Å². The van der Waals surface area contributed by atoms with E-state index in [1.165, 1.54) is 14.0 Å². The normalized spacial score (nSPS) is 26.1. The van der Waals surface area contributed by atoms with Crippen LogP contribution in [-0.4, -0.2) is 58.4 Å². The first-order valence-corrected chi connectivity index (χ1v) is 10.2. The molecule has 8 nitrogen and oxygen atoms in total. The number of aliphatic hydroxyl groups excluding tert-OH is 2. The fourth-order valence-electron chi connectivity index (χ4n) is 3.86. The van der Waals surface area contributed by atoms with Gasteiger partial charge in [-0.1, -0.05) is 18.2 Å². The number of hydrogen-bond donors (Lipinski definition) is 3. The second-order valence-corrected chi connectivity index (χ2v) is 8.23. The summed E-state index contributed by atoms with van der Waals surface area (Å²) >= 11 is 0. The van der Waals surface area contributed by atoms with Gasteiger partial charge in [0.2, 0.25) is 12.2 Å². The maximum atomic E-state index is 11.6. The van der Waals surface area contributed by atoms with Gasteiger partial charge in [0.15, 0.2) is 0 Å². The average molecular weight is 431 g/mol. The van der Waals surface area contributed by atoms with Crippen molar-refractivity contribution in [1.29, 1.82) is 0 Å². The summed E-state index contributed by atoms with van der Waals surface area (Å²) in [5.74, 6) is 0.372. The lowest BCUT2D eigenvalue weighted by molar-refractivity contribution is -0.305. The lowest BCUT2D eigenvalue weighted by Gasteiger charge is -2.46. The van der Waals surface area contributed by atoms with Gasteiger partial charge in [-0.2, -0.15) is 0 Å². The first-order valence-electron chi connectivity index (χ1n) is 10.2. The van der Waals surface area contributed by atoms with Crippen molar-refractivity contribution in [2.75, 3.05) is 7.11 Å². The van der Waals surface area contributed by atoms with Crippen LogP contribution in [0.15, 0.2) is 48.8 Å². The molecule has 2 unspecified atom stereocenters. The number of carbonyl (C=O) groups is 1. The Kier molecular flexibility index (Phi) is 7.27. The fraction of sp³-hybridized carbons (Fsp3) is 0.478. The predicted octanol–water partition coefficient (Wildman–Crippen LogP) is 1.75. The number of methoxy groups -OCH3 is 1. The summed E-state index contributed by atoms with van der Waals surface area (Å²) in [5, 5.41) is 23.7. The van der Waals surface area contributed by atoms with E-state index in [4.69, 9.17) is 14.2 Å². The lowest BCUT2D eigenvalue weighted by atomic mass is 9.89. The molecule has 2 aromatic rings. The molecule has 0 saturated carbocycles. The van der Waals surface area contributed by atoms with E-state index in [9.17, 15) is 15.0 Å². The maximum absolute atomic E-state index is 11.6. The zero-order valence-electron chi connectivity index (χ0n) is 18.2.